The minimum Gasteiger partial charge on any atom is -0.446 e. The predicted molar refractivity (Wildman–Crippen MR) is 148 cm³/mol. The number of esters is 1. The van der Waals surface area contributed by atoms with E-state index >= 15 is 0 Å². The van der Waals surface area contributed by atoms with E-state index < -0.39 is 23.5 Å². The molecule has 192 valence electrons. The van der Waals surface area contributed by atoms with E-state index in [1.165, 1.54) is 26.0 Å². The van der Waals surface area contributed by atoms with Crippen molar-refractivity contribution in [2.45, 2.75) is 44.8 Å². The number of carbonyl (C=O) groups is 2. The third-order valence-corrected chi connectivity index (χ3v) is 7.29. The first-order chi connectivity index (χ1) is 17.4. The van der Waals surface area contributed by atoms with Crippen molar-refractivity contribution in [1.82, 2.24) is 5.32 Å². The molecule has 1 amide bonds. The van der Waals surface area contributed by atoms with E-state index in [4.69, 9.17) is 51.1 Å². The van der Waals surface area contributed by atoms with Crippen LogP contribution in [0.3, 0.4) is 0 Å². The lowest BCUT2D eigenvalue weighted by Crippen LogP contribution is -2.50. The fourth-order valence-electron chi connectivity index (χ4n) is 3.82. The van der Waals surface area contributed by atoms with Crippen LogP contribution in [-0.4, -0.2) is 23.5 Å². The van der Waals surface area contributed by atoms with Gasteiger partial charge in [0.15, 0.2) is 5.60 Å². The number of nitrogens with zero attached hydrogens (tertiary/aromatic N) is 1. The molecule has 0 spiro atoms. The fourth-order valence-corrected chi connectivity index (χ4v) is 4.63. The van der Waals surface area contributed by atoms with Crippen LogP contribution in [0.15, 0.2) is 60.7 Å². The molecule has 3 aromatic rings. The summed E-state index contributed by atoms with van der Waals surface area (Å²) in [4.78, 5) is 26.2. The maximum Gasteiger partial charge on any atom is 0.342 e. The number of halogens is 4. The summed E-state index contributed by atoms with van der Waals surface area (Å²) in [7, 11) is 0. The van der Waals surface area contributed by atoms with E-state index in [0.29, 0.717) is 17.0 Å². The summed E-state index contributed by atoms with van der Waals surface area (Å²) in [6, 6.07) is 19.3. The molecule has 0 radical (unpaired) electrons. The van der Waals surface area contributed by atoms with E-state index in [1.807, 2.05) is 31.2 Å². The van der Waals surface area contributed by atoms with Crippen LogP contribution in [0.2, 0.25) is 20.1 Å². The maximum absolute atomic E-state index is 13.3. The highest BCUT2D eigenvalue weighted by molar-refractivity contribution is 6.46. The van der Waals surface area contributed by atoms with Crippen molar-refractivity contribution >= 4 is 58.3 Å². The summed E-state index contributed by atoms with van der Waals surface area (Å²) in [6.07, 6.45) is 0.571. The molecule has 0 unspecified atom stereocenters. The minimum absolute atomic E-state index is 0.0517. The molecule has 0 aliphatic rings. The van der Waals surface area contributed by atoms with Crippen LogP contribution in [0.4, 0.5) is 0 Å². The van der Waals surface area contributed by atoms with Crippen LogP contribution in [-0.2, 0) is 16.0 Å². The van der Waals surface area contributed by atoms with Gasteiger partial charge in [0.05, 0.1) is 32.3 Å². The van der Waals surface area contributed by atoms with Crippen LogP contribution in [0.1, 0.15) is 53.7 Å². The standard InChI is InChI=1S/C28H24Cl4N2O3/c1-16(21(14-17-7-9-20(29)10-8-17)19-6-4-5-18(13-19)15-33)34-27(36)28(2,3)37-26(35)24-22(30)11-12-23(31)25(24)32/h4-13,16,21H,14H2,1-3H3,(H,34,36)/t16-,21+/m0/s1. The molecule has 37 heavy (non-hydrogen) atoms. The highest BCUT2D eigenvalue weighted by Gasteiger charge is 2.36. The highest BCUT2D eigenvalue weighted by Crippen LogP contribution is 2.33. The molecule has 3 rings (SSSR count). The van der Waals surface area contributed by atoms with E-state index in [0.717, 1.165) is 11.1 Å². The Kier molecular flexibility index (Phi) is 9.50. The van der Waals surface area contributed by atoms with Gasteiger partial charge in [0.1, 0.15) is 0 Å². The van der Waals surface area contributed by atoms with Crippen molar-refractivity contribution in [1.29, 1.82) is 5.26 Å². The molecule has 0 heterocycles. The molecule has 5 nitrogen and oxygen atoms in total. The van der Waals surface area contributed by atoms with Crippen LogP contribution in [0, 0.1) is 11.3 Å². The first-order valence-electron chi connectivity index (χ1n) is 11.3. The average molecular weight is 578 g/mol. The van der Waals surface area contributed by atoms with Gasteiger partial charge in [-0.25, -0.2) is 4.79 Å². The summed E-state index contributed by atoms with van der Waals surface area (Å²) in [5, 5.41) is 13.1. The van der Waals surface area contributed by atoms with Gasteiger partial charge in [-0.15, -0.1) is 0 Å². The van der Waals surface area contributed by atoms with Crippen molar-refractivity contribution in [3.8, 4) is 6.07 Å². The third kappa shape index (κ3) is 7.18. The topological polar surface area (TPSA) is 79.2 Å². The van der Waals surface area contributed by atoms with Crippen LogP contribution in [0.5, 0.6) is 0 Å². The maximum atomic E-state index is 13.3. The first kappa shape index (κ1) is 28.8. The molecule has 3 aromatic carbocycles. The molecular formula is C28H24Cl4N2O3. The van der Waals surface area contributed by atoms with Gasteiger partial charge < -0.3 is 10.1 Å². The Balaban J connectivity index is 1.83. The Morgan fingerprint density at radius 1 is 1.00 bits per heavy atom. The molecule has 0 aromatic heterocycles. The van der Waals surface area contributed by atoms with Crippen LogP contribution < -0.4 is 5.32 Å². The molecular weight excluding hydrogens is 554 g/mol. The lowest BCUT2D eigenvalue weighted by Gasteiger charge is -2.30. The monoisotopic (exact) mass is 576 g/mol. The number of rotatable bonds is 8. The van der Waals surface area contributed by atoms with Gasteiger partial charge in [0, 0.05) is 17.0 Å². The summed E-state index contributed by atoms with van der Waals surface area (Å²) in [5.41, 5.74) is 0.739. The Morgan fingerprint density at radius 2 is 1.65 bits per heavy atom. The quantitative estimate of drug-likeness (QED) is 0.220. The van der Waals surface area contributed by atoms with Crippen LogP contribution in [0.25, 0.3) is 0 Å². The summed E-state index contributed by atoms with van der Waals surface area (Å²) in [6.45, 7) is 4.81. The molecule has 0 aliphatic heterocycles. The van der Waals surface area contributed by atoms with E-state index in [2.05, 4.69) is 11.4 Å². The molecule has 9 heteroatoms. The lowest BCUT2D eigenvalue weighted by molar-refractivity contribution is -0.138. The molecule has 0 fully saturated rings. The Morgan fingerprint density at radius 3 is 2.30 bits per heavy atom. The van der Waals surface area contributed by atoms with E-state index in [-0.39, 0.29) is 26.5 Å². The Hall–Kier alpha value is -2.75. The zero-order valence-corrected chi connectivity index (χ0v) is 23.3. The number of ether oxygens (including phenoxy) is 1. The summed E-state index contributed by atoms with van der Waals surface area (Å²) >= 11 is 24.4. The molecule has 0 aliphatic carbocycles. The Labute approximate surface area is 236 Å². The van der Waals surface area contributed by atoms with E-state index in [1.54, 1.807) is 24.3 Å². The molecule has 2 atom stereocenters. The SMILES string of the molecule is C[C@H](NC(=O)C(C)(C)OC(=O)c1c(Cl)ccc(Cl)c1Cl)[C@@H](Cc1ccc(Cl)cc1)c1cccc(C#N)c1. The second kappa shape index (κ2) is 12.2. The van der Waals surface area contributed by atoms with Gasteiger partial charge in [0.2, 0.25) is 0 Å². The van der Waals surface area contributed by atoms with Gasteiger partial charge in [-0.05, 0) is 74.7 Å². The zero-order valence-electron chi connectivity index (χ0n) is 20.3. The highest BCUT2D eigenvalue weighted by atomic mass is 35.5. The molecule has 1 N–H and O–H groups in total. The number of nitrogens with one attached hydrogen (secondary N) is 1. The third-order valence-electron chi connectivity index (χ3n) is 5.92. The molecule has 0 saturated carbocycles. The van der Waals surface area contributed by atoms with E-state index in [9.17, 15) is 14.9 Å². The molecule has 0 saturated heterocycles. The van der Waals surface area contributed by atoms with Crippen molar-refractivity contribution < 1.29 is 14.3 Å². The fraction of sp³-hybridized carbons (Fsp3) is 0.250. The number of hydrogen-bond donors (Lipinski definition) is 1. The number of amides is 1. The predicted octanol–water partition coefficient (Wildman–Crippen LogP) is 7.64. The zero-order chi connectivity index (χ0) is 27.3. The molecule has 0 bridgehead atoms. The van der Waals surface area contributed by atoms with Crippen molar-refractivity contribution in [3.05, 3.63) is 103 Å². The van der Waals surface area contributed by atoms with Crippen molar-refractivity contribution in [2.75, 3.05) is 0 Å². The smallest absolute Gasteiger partial charge is 0.342 e. The van der Waals surface area contributed by atoms with Crippen LogP contribution >= 0.6 is 46.4 Å². The Bertz CT molecular complexity index is 1350. The van der Waals surface area contributed by atoms with Gasteiger partial charge in [-0.3, -0.25) is 4.79 Å². The minimum atomic E-state index is -1.56. The van der Waals surface area contributed by atoms with Crippen molar-refractivity contribution in [2.24, 2.45) is 0 Å². The summed E-state index contributed by atoms with van der Waals surface area (Å²) < 4.78 is 5.52. The van der Waals surface area contributed by atoms with Gasteiger partial charge >= 0.3 is 5.97 Å². The van der Waals surface area contributed by atoms with Gasteiger partial charge in [-0.2, -0.15) is 5.26 Å². The first-order valence-corrected chi connectivity index (χ1v) is 12.9. The largest absolute Gasteiger partial charge is 0.446 e. The second-order valence-electron chi connectivity index (χ2n) is 9.05. The normalized spacial score (nSPS) is 12.8. The van der Waals surface area contributed by atoms with Gasteiger partial charge in [-0.1, -0.05) is 70.7 Å². The lowest BCUT2D eigenvalue weighted by atomic mass is 9.85. The number of nitriles is 1. The second-order valence-corrected chi connectivity index (χ2v) is 10.7. The van der Waals surface area contributed by atoms with Crippen molar-refractivity contribution in [3.63, 3.8) is 0 Å². The number of hydrogen-bond acceptors (Lipinski definition) is 4. The number of carbonyl (C=O) groups excluding carboxylic acids is 2. The summed E-state index contributed by atoms with van der Waals surface area (Å²) in [5.74, 6) is -1.58. The number of benzene rings is 3. The average Bonchev–Trinajstić information content (AvgIpc) is 2.85. The van der Waals surface area contributed by atoms with Gasteiger partial charge in [0.25, 0.3) is 5.91 Å².